The molecule has 2 atom stereocenters. The molecule has 0 aromatic heterocycles. The number of nitrogens with two attached hydrogens (primary N) is 2. The lowest BCUT2D eigenvalue weighted by Gasteiger charge is -2.33. The molecule has 94 valence electrons. The molecule has 2 rings (SSSR count). The molecule has 0 aliphatic carbocycles. The Hall–Kier alpha value is -1.66. The van der Waals surface area contributed by atoms with Gasteiger partial charge in [0.25, 0.3) is 0 Å². The quantitative estimate of drug-likeness (QED) is 0.752. The van der Waals surface area contributed by atoms with E-state index in [0.717, 1.165) is 0 Å². The van der Waals surface area contributed by atoms with E-state index in [0.29, 0.717) is 29.5 Å². The highest BCUT2D eigenvalue weighted by Crippen LogP contribution is 2.43. The van der Waals surface area contributed by atoms with Gasteiger partial charge in [-0.25, -0.2) is 0 Å². The summed E-state index contributed by atoms with van der Waals surface area (Å²) < 4.78 is 21.6. The Morgan fingerprint density at radius 2 is 1.71 bits per heavy atom. The molecule has 0 spiro atoms. The van der Waals surface area contributed by atoms with Crippen molar-refractivity contribution in [1.82, 2.24) is 0 Å². The molecule has 1 aliphatic rings. The van der Waals surface area contributed by atoms with Gasteiger partial charge in [0, 0.05) is 14.2 Å². The first kappa shape index (κ1) is 11.8. The number of rotatable bonds is 3. The summed E-state index contributed by atoms with van der Waals surface area (Å²) in [7, 11) is 3.11. The monoisotopic (exact) mass is 240 g/mol. The van der Waals surface area contributed by atoms with Gasteiger partial charge < -0.3 is 30.4 Å². The van der Waals surface area contributed by atoms with Crippen LogP contribution < -0.4 is 20.9 Å². The van der Waals surface area contributed by atoms with Crippen molar-refractivity contribution in [2.45, 2.75) is 12.4 Å². The lowest BCUT2D eigenvalue weighted by molar-refractivity contribution is -0.149. The lowest BCUT2D eigenvalue weighted by Crippen LogP contribution is -2.44. The number of benzene rings is 1. The minimum Gasteiger partial charge on any atom is -0.475 e. The van der Waals surface area contributed by atoms with Gasteiger partial charge in [-0.1, -0.05) is 0 Å². The summed E-state index contributed by atoms with van der Waals surface area (Å²) in [5, 5.41) is 0. The van der Waals surface area contributed by atoms with Crippen molar-refractivity contribution in [3.05, 3.63) is 12.1 Å². The van der Waals surface area contributed by atoms with Gasteiger partial charge in [-0.15, -0.1) is 0 Å². The number of hydrogen-bond acceptors (Lipinski definition) is 6. The number of fused-ring (bicyclic) bond motifs is 1. The predicted molar refractivity (Wildman–Crippen MR) is 63.0 cm³/mol. The summed E-state index contributed by atoms with van der Waals surface area (Å²) in [6.45, 7) is 0.339. The second kappa shape index (κ2) is 4.68. The third kappa shape index (κ3) is 2.09. The van der Waals surface area contributed by atoms with E-state index in [1.807, 2.05) is 0 Å². The molecule has 0 bridgehead atoms. The van der Waals surface area contributed by atoms with Crippen LogP contribution >= 0.6 is 0 Å². The van der Waals surface area contributed by atoms with Crippen molar-refractivity contribution < 1.29 is 18.9 Å². The zero-order valence-corrected chi connectivity index (χ0v) is 9.80. The second-order valence-corrected chi connectivity index (χ2v) is 3.74. The van der Waals surface area contributed by atoms with E-state index in [1.54, 1.807) is 19.2 Å². The van der Waals surface area contributed by atoms with Crippen molar-refractivity contribution in [1.29, 1.82) is 0 Å². The normalized spacial score (nSPS) is 22.5. The third-order valence-corrected chi connectivity index (χ3v) is 2.54. The van der Waals surface area contributed by atoms with Gasteiger partial charge in [0.1, 0.15) is 0 Å². The van der Waals surface area contributed by atoms with Gasteiger partial charge >= 0.3 is 0 Å². The average molecular weight is 240 g/mol. The first-order valence-corrected chi connectivity index (χ1v) is 5.20. The van der Waals surface area contributed by atoms with E-state index in [4.69, 9.17) is 30.4 Å². The number of hydrogen-bond donors (Lipinski definition) is 2. The fourth-order valence-corrected chi connectivity index (χ4v) is 1.71. The molecule has 4 N–H and O–H groups in total. The van der Waals surface area contributed by atoms with Gasteiger partial charge in [-0.2, -0.15) is 0 Å². The Morgan fingerprint density at radius 3 is 2.24 bits per heavy atom. The number of methoxy groups -OCH3 is 2. The molecule has 1 aliphatic heterocycles. The Kier molecular flexibility index (Phi) is 3.26. The van der Waals surface area contributed by atoms with Crippen LogP contribution in [0.1, 0.15) is 0 Å². The van der Waals surface area contributed by atoms with E-state index < -0.39 is 6.29 Å². The highest BCUT2D eigenvalue weighted by atomic mass is 16.7. The standard InChI is InChI=1S/C11H16N2O4/c1-14-5-8-11(15-2)17-10-7(13)4-3-6(12)9(10)16-8/h3-4,8,11H,5,12-13H2,1-2H3. The van der Waals surface area contributed by atoms with E-state index in [9.17, 15) is 0 Å². The molecule has 1 heterocycles. The number of ether oxygens (including phenoxy) is 4. The van der Waals surface area contributed by atoms with Gasteiger partial charge in [0.05, 0.1) is 18.0 Å². The highest BCUT2D eigenvalue weighted by molar-refractivity contribution is 5.71. The maximum atomic E-state index is 5.81. The summed E-state index contributed by atoms with van der Waals surface area (Å²) in [4.78, 5) is 0. The van der Waals surface area contributed by atoms with Gasteiger partial charge in [-0.05, 0) is 12.1 Å². The molecule has 0 saturated carbocycles. The second-order valence-electron chi connectivity index (χ2n) is 3.74. The molecule has 1 aromatic rings. The Labute approximate surface area is 99.4 Å². The maximum Gasteiger partial charge on any atom is 0.239 e. The Balaban J connectivity index is 2.35. The molecule has 0 fully saturated rings. The highest BCUT2D eigenvalue weighted by Gasteiger charge is 2.34. The van der Waals surface area contributed by atoms with Crippen LogP contribution in [0.2, 0.25) is 0 Å². The number of nitrogen functional groups attached to an aromatic ring is 2. The van der Waals surface area contributed by atoms with Crippen molar-refractivity contribution in [3.63, 3.8) is 0 Å². The minimum absolute atomic E-state index is 0.339. The molecular weight excluding hydrogens is 224 g/mol. The molecule has 6 nitrogen and oxygen atoms in total. The van der Waals surface area contributed by atoms with Crippen molar-refractivity contribution in [3.8, 4) is 11.5 Å². The Bertz CT molecular complexity index is 411. The van der Waals surface area contributed by atoms with Crippen LogP contribution in [0.3, 0.4) is 0 Å². The molecular formula is C11H16N2O4. The van der Waals surface area contributed by atoms with E-state index in [2.05, 4.69) is 0 Å². The van der Waals surface area contributed by atoms with Crippen molar-refractivity contribution in [2.24, 2.45) is 0 Å². The van der Waals surface area contributed by atoms with Crippen LogP contribution in [-0.4, -0.2) is 33.2 Å². The van der Waals surface area contributed by atoms with Crippen LogP contribution in [0.4, 0.5) is 11.4 Å². The van der Waals surface area contributed by atoms with Crippen LogP contribution in [-0.2, 0) is 9.47 Å². The van der Waals surface area contributed by atoms with Gasteiger partial charge in [-0.3, -0.25) is 0 Å². The van der Waals surface area contributed by atoms with Gasteiger partial charge in [0.2, 0.25) is 6.29 Å². The molecule has 0 saturated heterocycles. The topological polar surface area (TPSA) is 89.0 Å². The summed E-state index contributed by atoms with van der Waals surface area (Å²) in [5.74, 6) is 0.865. The fourth-order valence-electron chi connectivity index (χ4n) is 1.71. The average Bonchev–Trinajstić information content (AvgIpc) is 2.34. The molecule has 6 heteroatoms. The van der Waals surface area contributed by atoms with Gasteiger partial charge in [0.15, 0.2) is 17.6 Å². The van der Waals surface area contributed by atoms with E-state index >= 15 is 0 Å². The number of anilines is 2. The lowest BCUT2D eigenvalue weighted by atomic mass is 10.2. The largest absolute Gasteiger partial charge is 0.475 e. The first-order chi connectivity index (χ1) is 8.17. The molecule has 0 radical (unpaired) electrons. The van der Waals surface area contributed by atoms with E-state index in [-0.39, 0.29) is 6.10 Å². The fraction of sp³-hybridized carbons (Fsp3) is 0.455. The summed E-state index contributed by atoms with van der Waals surface area (Å²) >= 11 is 0. The zero-order valence-electron chi connectivity index (χ0n) is 9.80. The van der Waals surface area contributed by atoms with Crippen LogP contribution in [0.15, 0.2) is 12.1 Å². The Morgan fingerprint density at radius 1 is 1.12 bits per heavy atom. The summed E-state index contributed by atoms with van der Waals surface area (Å²) in [6, 6.07) is 3.34. The predicted octanol–water partition coefficient (Wildman–Crippen LogP) is 0.610. The maximum absolute atomic E-state index is 5.81. The van der Waals surface area contributed by atoms with Crippen LogP contribution in [0.25, 0.3) is 0 Å². The van der Waals surface area contributed by atoms with Crippen molar-refractivity contribution in [2.75, 3.05) is 32.3 Å². The molecule has 2 unspecified atom stereocenters. The van der Waals surface area contributed by atoms with Crippen LogP contribution in [0.5, 0.6) is 11.5 Å². The smallest absolute Gasteiger partial charge is 0.239 e. The van der Waals surface area contributed by atoms with Crippen molar-refractivity contribution >= 4 is 11.4 Å². The van der Waals surface area contributed by atoms with E-state index in [1.165, 1.54) is 7.11 Å². The molecule has 17 heavy (non-hydrogen) atoms. The third-order valence-electron chi connectivity index (χ3n) is 2.54. The molecule has 0 amide bonds. The summed E-state index contributed by atoms with van der Waals surface area (Å²) in [5.41, 5.74) is 12.6. The van der Waals surface area contributed by atoms with Crippen LogP contribution in [0, 0.1) is 0 Å². The zero-order chi connectivity index (χ0) is 12.4. The summed E-state index contributed by atoms with van der Waals surface area (Å²) in [6.07, 6.45) is -0.937. The molecule has 1 aromatic carbocycles. The SMILES string of the molecule is COCC1Oc2c(N)ccc(N)c2OC1OC. The minimum atomic E-state index is -0.563. The first-order valence-electron chi connectivity index (χ1n) is 5.20.